The van der Waals surface area contributed by atoms with E-state index in [0.717, 1.165) is 16.9 Å². The van der Waals surface area contributed by atoms with Crippen LogP contribution in [0.15, 0.2) is 48.5 Å². The van der Waals surface area contributed by atoms with Gasteiger partial charge in [-0.3, -0.25) is 10.1 Å². The molecule has 0 aliphatic rings. The van der Waals surface area contributed by atoms with Crippen LogP contribution in [0.4, 0.5) is 21.9 Å². The number of amides is 1. The average Bonchev–Trinajstić information content (AvgIpc) is 2.54. The molecule has 2 rings (SSSR count). The van der Waals surface area contributed by atoms with Crippen molar-refractivity contribution in [2.24, 2.45) is 0 Å². The van der Waals surface area contributed by atoms with Crippen LogP contribution in [0.3, 0.4) is 0 Å². The van der Waals surface area contributed by atoms with Crippen LogP contribution in [0.25, 0.3) is 0 Å². The van der Waals surface area contributed by atoms with Gasteiger partial charge in [-0.25, -0.2) is 4.79 Å². The molecule has 0 fully saturated rings. The van der Waals surface area contributed by atoms with Crippen LogP contribution in [0.5, 0.6) is 0 Å². The van der Waals surface area contributed by atoms with Crippen LogP contribution in [-0.4, -0.2) is 17.1 Å². The van der Waals surface area contributed by atoms with E-state index >= 15 is 0 Å². The number of nitrogens with one attached hydrogen (secondary N) is 2. The summed E-state index contributed by atoms with van der Waals surface area (Å²) < 4.78 is 4.99. The Morgan fingerprint density at radius 3 is 2.12 bits per heavy atom. The molecule has 2 aromatic rings. The Balaban J connectivity index is 1.89. The SMILES string of the molecule is CC(C)OC(=O)NCc1ccc(Nc2ccc([N+](=O)[O-])cc2)cc1. The van der Waals surface area contributed by atoms with Crippen LogP contribution in [-0.2, 0) is 11.3 Å². The van der Waals surface area contributed by atoms with Gasteiger partial charge in [-0.05, 0) is 43.7 Å². The molecule has 0 unspecified atom stereocenters. The second-order valence-electron chi connectivity index (χ2n) is 5.43. The van der Waals surface area contributed by atoms with Crippen molar-refractivity contribution in [2.75, 3.05) is 5.32 Å². The van der Waals surface area contributed by atoms with Gasteiger partial charge < -0.3 is 15.4 Å². The van der Waals surface area contributed by atoms with Crippen LogP contribution in [0.1, 0.15) is 19.4 Å². The van der Waals surface area contributed by atoms with E-state index < -0.39 is 11.0 Å². The standard InChI is InChI=1S/C17H19N3O4/c1-12(2)24-17(21)18-11-13-3-5-14(6-4-13)19-15-7-9-16(10-8-15)20(22)23/h3-10,12,19H,11H2,1-2H3,(H,18,21). The van der Waals surface area contributed by atoms with Crippen molar-refractivity contribution in [1.29, 1.82) is 0 Å². The van der Waals surface area contributed by atoms with E-state index in [0.29, 0.717) is 6.54 Å². The molecule has 0 aliphatic heterocycles. The van der Waals surface area contributed by atoms with Crippen molar-refractivity contribution in [3.63, 3.8) is 0 Å². The van der Waals surface area contributed by atoms with E-state index in [4.69, 9.17) is 4.74 Å². The zero-order valence-electron chi connectivity index (χ0n) is 13.5. The Morgan fingerprint density at radius 1 is 1.08 bits per heavy atom. The van der Waals surface area contributed by atoms with E-state index in [2.05, 4.69) is 10.6 Å². The highest BCUT2D eigenvalue weighted by Crippen LogP contribution is 2.20. The fraction of sp³-hybridized carbons (Fsp3) is 0.235. The molecule has 0 radical (unpaired) electrons. The highest BCUT2D eigenvalue weighted by atomic mass is 16.6. The summed E-state index contributed by atoms with van der Waals surface area (Å²) in [5.41, 5.74) is 2.59. The molecule has 0 saturated heterocycles. The summed E-state index contributed by atoms with van der Waals surface area (Å²) in [6.07, 6.45) is -0.601. The summed E-state index contributed by atoms with van der Waals surface area (Å²) in [6, 6.07) is 13.7. The van der Waals surface area contributed by atoms with E-state index in [1.807, 2.05) is 24.3 Å². The summed E-state index contributed by atoms with van der Waals surface area (Å²) in [5.74, 6) is 0. The van der Waals surface area contributed by atoms with Gasteiger partial charge in [0.2, 0.25) is 0 Å². The smallest absolute Gasteiger partial charge is 0.407 e. The number of rotatable bonds is 6. The third kappa shape index (κ3) is 5.28. The lowest BCUT2D eigenvalue weighted by Crippen LogP contribution is -2.26. The summed E-state index contributed by atoms with van der Waals surface area (Å²) in [4.78, 5) is 21.6. The number of nitro groups is 1. The van der Waals surface area contributed by atoms with Crippen molar-refractivity contribution in [2.45, 2.75) is 26.5 Å². The molecule has 0 saturated carbocycles. The zero-order valence-corrected chi connectivity index (χ0v) is 13.5. The normalized spacial score (nSPS) is 10.3. The summed E-state index contributed by atoms with van der Waals surface area (Å²) in [7, 11) is 0. The van der Waals surface area contributed by atoms with Gasteiger partial charge in [-0.2, -0.15) is 0 Å². The van der Waals surface area contributed by atoms with Crippen molar-refractivity contribution in [3.05, 3.63) is 64.2 Å². The highest BCUT2D eigenvalue weighted by Gasteiger charge is 2.05. The number of non-ortho nitro benzene ring substituents is 1. The molecule has 0 atom stereocenters. The molecule has 0 heterocycles. The predicted molar refractivity (Wildman–Crippen MR) is 91.3 cm³/mol. The monoisotopic (exact) mass is 329 g/mol. The molecule has 1 amide bonds. The van der Waals surface area contributed by atoms with Crippen molar-refractivity contribution < 1.29 is 14.5 Å². The second-order valence-corrected chi connectivity index (χ2v) is 5.43. The average molecular weight is 329 g/mol. The lowest BCUT2D eigenvalue weighted by Gasteiger charge is -2.10. The first-order valence-electron chi connectivity index (χ1n) is 7.49. The number of ether oxygens (including phenoxy) is 1. The third-order valence-electron chi connectivity index (χ3n) is 3.10. The number of carbonyl (C=O) groups is 1. The van der Waals surface area contributed by atoms with Gasteiger partial charge in [0.25, 0.3) is 5.69 Å². The lowest BCUT2D eigenvalue weighted by atomic mass is 10.2. The molecule has 0 bridgehead atoms. The number of benzene rings is 2. The molecule has 24 heavy (non-hydrogen) atoms. The molecule has 7 heteroatoms. The van der Waals surface area contributed by atoms with Crippen molar-refractivity contribution in [1.82, 2.24) is 5.32 Å². The topological polar surface area (TPSA) is 93.5 Å². The fourth-order valence-electron chi connectivity index (χ4n) is 1.97. The Kier molecular flexibility index (Phi) is 5.73. The Bertz CT molecular complexity index is 697. The van der Waals surface area contributed by atoms with Crippen LogP contribution in [0.2, 0.25) is 0 Å². The van der Waals surface area contributed by atoms with E-state index in [1.165, 1.54) is 12.1 Å². The molecule has 0 aliphatic carbocycles. The van der Waals surface area contributed by atoms with Gasteiger partial charge in [0.05, 0.1) is 11.0 Å². The first kappa shape index (κ1) is 17.3. The van der Waals surface area contributed by atoms with Crippen molar-refractivity contribution in [3.8, 4) is 0 Å². The summed E-state index contributed by atoms with van der Waals surface area (Å²) in [5, 5.41) is 16.4. The lowest BCUT2D eigenvalue weighted by molar-refractivity contribution is -0.384. The van der Waals surface area contributed by atoms with Gasteiger partial charge in [-0.15, -0.1) is 0 Å². The summed E-state index contributed by atoms with van der Waals surface area (Å²) in [6.45, 7) is 3.96. The fourth-order valence-corrected chi connectivity index (χ4v) is 1.97. The Hall–Kier alpha value is -3.09. The van der Waals surface area contributed by atoms with Gasteiger partial charge in [-0.1, -0.05) is 12.1 Å². The van der Waals surface area contributed by atoms with E-state index in [1.54, 1.807) is 26.0 Å². The van der Waals surface area contributed by atoms with Crippen LogP contribution in [0, 0.1) is 10.1 Å². The number of hydrogen-bond donors (Lipinski definition) is 2. The van der Waals surface area contributed by atoms with E-state index in [9.17, 15) is 14.9 Å². The second kappa shape index (κ2) is 7.96. The molecule has 2 aromatic carbocycles. The number of alkyl carbamates (subject to hydrolysis) is 1. The van der Waals surface area contributed by atoms with Gasteiger partial charge in [0.1, 0.15) is 0 Å². The summed E-state index contributed by atoms with van der Waals surface area (Å²) >= 11 is 0. The molecule has 126 valence electrons. The largest absolute Gasteiger partial charge is 0.447 e. The number of nitro benzene ring substituents is 1. The third-order valence-corrected chi connectivity index (χ3v) is 3.10. The number of hydrogen-bond acceptors (Lipinski definition) is 5. The number of nitrogens with zero attached hydrogens (tertiary/aromatic N) is 1. The van der Waals surface area contributed by atoms with Gasteiger partial charge in [0.15, 0.2) is 0 Å². The van der Waals surface area contributed by atoms with Gasteiger partial charge >= 0.3 is 6.09 Å². The van der Waals surface area contributed by atoms with Crippen molar-refractivity contribution >= 4 is 23.2 Å². The maximum Gasteiger partial charge on any atom is 0.407 e. The minimum atomic E-state index is -0.446. The van der Waals surface area contributed by atoms with Gasteiger partial charge in [0, 0.05) is 30.1 Å². The van der Waals surface area contributed by atoms with Crippen LogP contribution < -0.4 is 10.6 Å². The number of anilines is 2. The maximum atomic E-state index is 11.4. The van der Waals surface area contributed by atoms with E-state index in [-0.39, 0.29) is 11.8 Å². The molecular formula is C17H19N3O4. The first-order chi connectivity index (χ1) is 11.4. The van der Waals surface area contributed by atoms with Crippen LogP contribution >= 0.6 is 0 Å². The minimum absolute atomic E-state index is 0.0512. The Morgan fingerprint density at radius 2 is 1.62 bits per heavy atom. The first-order valence-corrected chi connectivity index (χ1v) is 7.49. The quantitative estimate of drug-likeness (QED) is 0.618. The molecular weight excluding hydrogens is 310 g/mol. The minimum Gasteiger partial charge on any atom is -0.447 e. The molecule has 7 nitrogen and oxygen atoms in total. The predicted octanol–water partition coefficient (Wildman–Crippen LogP) is 3.97. The Labute approximate surface area is 139 Å². The zero-order chi connectivity index (χ0) is 17.5. The molecule has 0 aromatic heterocycles. The number of carbonyl (C=O) groups excluding carboxylic acids is 1. The highest BCUT2D eigenvalue weighted by molar-refractivity contribution is 5.67. The molecule has 2 N–H and O–H groups in total. The molecule has 0 spiro atoms. The maximum absolute atomic E-state index is 11.4.